The minimum atomic E-state index is -0.0842. The number of ether oxygens (including phenoxy) is 1. The maximum absolute atomic E-state index is 11.3. The molecule has 0 aromatic carbocycles. The molecule has 1 fully saturated rings. The molecule has 2 unspecified atom stereocenters. The highest BCUT2D eigenvalue weighted by Crippen LogP contribution is 2.23. The average molecular weight is 183 g/mol. The van der Waals surface area contributed by atoms with Crippen LogP contribution in [0.4, 0.5) is 0 Å². The minimum absolute atomic E-state index is 0.0462. The molecule has 13 heavy (non-hydrogen) atoms. The monoisotopic (exact) mass is 183 g/mol. The fourth-order valence-corrected chi connectivity index (χ4v) is 1.86. The van der Waals surface area contributed by atoms with E-state index < -0.39 is 0 Å². The van der Waals surface area contributed by atoms with E-state index in [0.717, 1.165) is 19.6 Å². The number of methoxy groups -OCH3 is 1. The molecule has 0 aromatic rings. The molecule has 1 saturated heterocycles. The Kier molecular flexibility index (Phi) is 3.48. The molecule has 1 rings (SSSR count). The number of hydrogen-bond donors (Lipinski definition) is 0. The minimum Gasteiger partial charge on any atom is -0.469 e. The van der Waals surface area contributed by atoms with Crippen LogP contribution in [-0.2, 0) is 9.53 Å². The molecule has 1 aliphatic rings. The first kappa shape index (κ1) is 10.3. The number of likely N-dealkylation sites (tertiary alicyclic amines) is 1. The van der Waals surface area contributed by atoms with Crippen LogP contribution in [0.3, 0.4) is 0 Å². The van der Waals surface area contributed by atoms with Crippen LogP contribution in [0.1, 0.15) is 6.92 Å². The zero-order valence-electron chi connectivity index (χ0n) is 8.32. The van der Waals surface area contributed by atoms with E-state index in [4.69, 9.17) is 4.74 Å². The second-order valence-electron chi connectivity index (χ2n) is 3.61. The molecule has 3 heteroatoms. The first-order valence-corrected chi connectivity index (χ1v) is 4.60. The van der Waals surface area contributed by atoms with Gasteiger partial charge in [0.25, 0.3) is 0 Å². The SMILES string of the molecule is C=CCN1CC(C)C(C(=O)OC)C1. The van der Waals surface area contributed by atoms with E-state index in [1.54, 1.807) is 0 Å². The normalized spacial score (nSPS) is 28.8. The van der Waals surface area contributed by atoms with Gasteiger partial charge >= 0.3 is 5.97 Å². The van der Waals surface area contributed by atoms with Crippen LogP contribution in [0.5, 0.6) is 0 Å². The van der Waals surface area contributed by atoms with Crippen molar-refractivity contribution in [3.63, 3.8) is 0 Å². The lowest BCUT2D eigenvalue weighted by atomic mass is 9.99. The van der Waals surface area contributed by atoms with E-state index in [1.165, 1.54) is 7.11 Å². The van der Waals surface area contributed by atoms with Crippen molar-refractivity contribution < 1.29 is 9.53 Å². The van der Waals surface area contributed by atoms with Crippen molar-refractivity contribution in [1.29, 1.82) is 0 Å². The summed E-state index contributed by atoms with van der Waals surface area (Å²) >= 11 is 0. The van der Waals surface area contributed by atoms with Gasteiger partial charge in [0.05, 0.1) is 13.0 Å². The second-order valence-corrected chi connectivity index (χ2v) is 3.61. The third-order valence-corrected chi connectivity index (χ3v) is 2.58. The summed E-state index contributed by atoms with van der Waals surface area (Å²) in [4.78, 5) is 13.5. The van der Waals surface area contributed by atoms with Crippen LogP contribution in [0.15, 0.2) is 12.7 Å². The van der Waals surface area contributed by atoms with Crippen molar-refractivity contribution in [2.75, 3.05) is 26.7 Å². The van der Waals surface area contributed by atoms with E-state index in [0.29, 0.717) is 5.92 Å². The number of carbonyl (C=O) groups excluding carboxylic acids is 1. The van der Waals surface area contributed by atoms with Crippen LogP contribution in [-0.4, -0.2) is 37.6 Å². The number of carbonyl (C=O) groups is 1. The summed E-state index contributed by atoms with van der Waals surface area (Å²) in [6.45, 7) is 8.40. The van der Waals surface area contributed by atoms with Gasteiger partial charge in [0, 0.05) is 19.6 Å². The van der Waals surface area contributed by atoms with E-state index in [-0.39, 0.29) is 11.9 Å². The van der Waals surface area contributed by atoms with Gasteiger partial charge in [0.1, 0.15) is 0 Å². The molecule has 0 saturated carbocycles. The molecule has 0 radical (unpaired) electrons. The van der Waals surface area contributed by atoms with E-state index >= 15 is 0 Å². The maximum Gasteiger partial charge on any atom is 0.310 e. The zero-order chi connectivity index (χ0) is 9.84. The average Bonchev–Trinajstić information content (AvgIpc) is 2.46. The predicted molar refractivity (Wildman–Crippen MR) is 51.3 cm³/mol. The Morgan fingerprint density at radius 2 is 2.38 bits per heavy atom. The van der Waals surface area contributed by atoms with Gasteiger partial charge < -0.3 is 4.74 Å². The highest BCUT2D eigenvalue weighted by Gasteiger charge is 2.34. The first-order chi connectivity index (χ1) is 6.19. The standard InChI is InChI=1S/C10H17NO2/c1-4-5-11-6-8(2)9(7-11)10(12)13-3/h4,8-9H,1,5-7H2,2-3H3. The Morgan fingerprint density at radius 1 is 1.69 bits per heavy atom. The molecule has 1 heterocycles. The molecule has 0 N–H and O–H groups in total. The molecule has 2 atom stereocenters. The summed E-state index contributed by atoms with van der Waals surface area (Å²) in [6, 6.07) is 0. The van der Waals surface area contributed by atoms with Gasteiger partial charge in [-0.3, -0.25) is 9.69 Å². The Labute approximate surface area is 79.4 Å². The molecule has 0 amide bonds. The Hall–Kier alpha value is -0.830. The molecular weight excluding hydrogens is 166 g/mol. The van der Waals surface area contributed by atoms with Crippen LogP contribution in [0.25, 0.3) is 0 Å². The van der Waals surface area contributed by atoms with Crippen LogP contribution < -0.4 is 0 Å². The molecule has 74 valence electrons. The van der Waals surface area contributed by atoms with Crippen molar-refractivity contribution in [3.8, 4) is 0 Å². The number of hydrogen-bond acceptors (Lipinski definition) is 3. The fourth-order valence-electron chi connectivity index (χ4n) is 1.86. The first-order valence-electron chi connectivity index (χ1n) is 4.60. The van der Waals surface area contributed by atoms with Crippen molar-refractivity contribution >= 4 is 5.97 Å². The largest absolute Gasteiger partial charge is 0.469 e. The zero-order valence-corrected chi connectivity index (χ0v) is 8.32. The van der Waals surface area contributed by atoms with Gasteiger partial charge in [-0.05, 0) is 5.92 Å². The van der Waals surface area contributed by atoms with Gasteiger partial charge in [-0.2, -0.15) is 0 Å². The lowest BCUT2D eigenvalue weighted by Gasteiger charge is -2.11. The number of esters is 1. The molecule has 0 spiro atoms. The predicted octanol–water partition coefficient (Wildman–Crippen LogP) is 0.913. The smallest absolute Gasteiger partial charge is 0.310 e. The molecule has 0 aliphatic carbocycles. The molecule has 0 aromatic heterocycles. The molecule has 1 aliphatic heterocycles. The fraction of sp³-hybridized carbons (Fsp3) is 0.700. The molecular formula is C10H17NO2. The van der Waals surface area contributed by atoms with E-state index in [1.807, 2.05) is 6.08 Å². The van der Waals surface area contributed by atoms with E-state index in [9.17, 15) is 4.79 Å². The summed E-state index contributed by atoms with van der Waals surface area (Å²) in [5.41, 5.74) is 0. The summed E-state index contributed by atoms with van der Waals surface area (Å²) in [5, 5.41) is 0. The Balaban J connectivity index is 2.50. The van der Waals surface area contributed by atoms with Crippen molar-refractivity contribution in [1.82, 2.24) is 4.90 Å². The lowest BCUT2D eigenvalue weighted by molar-refractivity contribution is -0.146. The van der Waals surface area contributed by atoms with Crippen molar-refractivity contribution in [3.05, 3.63) is 12.7 Å². The van der Waals surface area contributed by atoms with Crippen molar-refractivity contribution in [2.45, 2.75) is 6.92 Å². The summed E-state index contributed by atoms with van der Waals surface area (Å²) in [7, 11) is 1.45. The van der Waals surface area contributed by atoms with Gasteiger partial charge in [-0.1, -0.05) is 13.0 Å². The Bertz CT molecular complexity index is 203. The lowest BCUT2D eigenvalue weighted by Crippen LogP contribution is -2.24. The van der Waals surface area contributed by atoms with Gasteiger partial charge in [0.2, 0.25) is 0 Å². The van der Waals surface area contributed by atoms with E-state index in [2.05, 4.69) is 18.4 Å². The van der Waals surface area contributed by atoms with Crippen molar-refractivity contribution in [2.24, 2.45) is 11.8 Å². The summed E-state index contributed by atoms with van der Waals surface area (Å²) < 4.78 is 4.74. The van der Waals surface area contributed by atoms with Gasteiger partial charge in [-0.15, -0.1) is 6.58 Å². The van der Waals surface area contributed by atoms with Crippen LogP contribution in [0.2, 0.25) is 0 Å². The van der Waals surface area contributed by atoms with Crippen LogP contribution >= 0.6 is 0 Å². The van der Waals surface area contributed by atoms with Crippen LogP contribution in [0, 0.1) is 11.8 Å². The third kappa shape index (κ3) is 2.31. The quantitative estimate of drug-likeness (QED) is 0.481. The highest BCUT2D eigenvalue weighted by molar-refractivity contribution is 5.73. The maximum atomic E-state index is 11.3. The Morgan fingerprint density at radius 3 is 2.92 bits per heavy atom. The molecule has 3 nitrogen and oxygen atoms in total. The number of nitrogens with zero attached hydrogens (tertiary/aromatic N) is 1. The molecule has 0 bridgehead atoms. The van der Waals surface area contributed by atoms with Gasteiger partial charge in [0.15, 0.2) is 0 Å². The van der Waals surface area contributed by atoms with Gasteiger partial charge in [-0.25, -0.2) is 0 Å². The summed E-state index contributed by atoms with van der Waals surface area (Å²) in [6.07, 6.45) is 1.87. The topological polar surface area (TPSA) is 29.5 Å². The number of rotatable bonds is 3. The second kappa shape index (κ2) is 4.42. The summed E-state index contributed by atoms with van der Waals surface area (Å²) in [5.74, 6) is 0.358. The third-order valence-electron chi connectivity index (χ3n) is 2.58. The highest BCUT2D eigenvalue weighted by atomic mass is 16.5.